The normalized spacial score (nSPS) is 16.7. The van der Waals surface area contributed by atoms with Crippen molar-refractivity contribution >= 4 is 5.78 Å². The van der Waals surface area contributed by atoms with Crippen molar-refractivity contribution in [2.45, 2.75) is 71.3 Å². The zero-order valence-corrected chi connectivity index (χ0v) is 12.1. The number of hydrogen-bond donors (Lipinski definition) is 0. The van der Waals surface area contributed by atoms with Gasteiger partial charge in [0.1, 0.15) is 11.6 Å². The maximum absolute atomic E-state index is 12.1. The van der Waals surface area contributed by atoms with E-state index in [1.54, 1.807) is 6.20 Å². The number of Topliss-reactive ketones (excluding diaryl/α,β-unsaturated/α-hetero) is 1. The Morgan fingerprint density at radius 1 is 1.37 bits per heavy atom. The topological polar surface area (TPSA) is 34.9 Å². The molecule has 1 saturated carbocycles. The zero-order valence-electron chi connectivity index (χ0n) is 12.1. The number of aryl methyl sites for hydroxylation is 1. The van der Waals surface area contributed by atoms with Crippen molar-refractivity contribution in [3.05, 3.63) is 18.2 Å². The fourth-order valence-electron chi connectivity index (χ4n) is 3.06. The molecule has 3 nitrogen and oxygen atoms in total. The molecule has 0 bridgehead atoms. The molecule has 2 rings (SSSR count). The fraction of sp³-hybridized carbons (Fsp3) is 0.750. The van der Waals surface area contributed by atoms with Crippen molar-refractivity contribution in [3.63, 3.8) is 0 Å². The highest BCUT2D eigenvalue weighted by atomic mass is 16.1. The van der Waals surface area contributed by atoms with Crippen molar-refractivity contribution < 1.29 is 4.79 Å². The van der Waals surface area contributed by atoms with E-state index >= 15 is 0 Å². The van der Waals surface area contributed by atoms with Gasteiger partial charge < -0.3 is 4.57 Å². The Morgan fingerprint density at radius 3 is 2.89 bits per heavy atom. The minimum Gasteiger partial charge on any atom is -0.335 e. The predicted molar refractivity (Wildman–Crippen MR) is 77.0 cm³/mol. The highest BCUT2D eigenvalue weighted by molar-refractivity contribution is 5.80. The Kier molecular flexibility index (Phi) is 5.62. The van der Waals surface area contributed by atoms with Crippen LogP contribution < -0.4 is 0 Å². The van der Waals surface area contributed by atoms with Crippen LogP contribution in [0.3, 0.4) is 0 Å². The van der Waals surface area contributed by atoms with Gasteiger partial charge in [-0.2, -0.15) is 0 Å². The van der Waals surface area contributed by atoms with Gasteiger partial charge in [0, 0.05) is 25.4 Å². The van der Waals surface area contributed by atoms with Crippen LogP contribution in [-0.4, -0.2) is 15.3 Å². The molecule has 0 amide bonds. The van der Waals surface area contributed by atoms with Crippen LogP contribution in [-0.2, 0) is 17.8 Å². The van der Waals surface area contributed by atoms with E-state index in [9.17, 15) is 4.79 Å². The molecule has 106 valence electrons. The lowest BCUT2D eigenvalue weighted by Crippen LogP contribution is -2.13. The number of rotatable bonds is 7. The van der Waals surface area contributed by atoms with E-state index in [-0.39, 0.29) is 0 Å². The minimum absolute atomic E-state index is 0.356. The largest absolute Gasteiger partial charge is 0.335 e. The Morgan fingerprint density at radius 2 is 2.16 bits per heavy atom. The molecule has 0 spiro atoms. The van der Waals surface area contributed by atoms with Gasteiger partial charge in [-0.25, -0.2) is 4.98 Å². The Balaban J connectivity index is 1.75. The molecule has 0 atom stereocenters. The van der Waals surface area contributed by atoms with E-state index < -0.39 is 0 Å². The van der Waals surface area contributed by atoms with Crippen LogP contribution in [0, 0.1) is 5.92 Å². The minimum atomic E-state index is 0.356. The van der Waals surface area contributed by atoms with Gasteiger partial charge in [-0.05, 0) is 18.8 Å². The molecule has 19 heavy (non-hydrogen) atoms. The number of ketones is 1. The number of imidazole rings is 1. The van der Waals surface area contributed by atoms with E-state index in [1.165, 1.54) is 32.1 Å². The van der Waals surface area contributed by atoms with E-state index in [2.05, 4.69) is 16.5 Å². The van der Waals surface area contributed by atoms with Crippen molar-refractivity contribution in [1.29, 1.82) is 0 Å². The lowest BCUT2D eigenvalue weighted by molar-refractivity contribution is -0.118. The monoisotopic (exact) mass is 262 g/mol. The van der Waals surface area contributed by atoms with Gasteiger partial charge in [0.2, 0.25) is 0 Å². The molecule has 1 heterocycles. The number of aromatic nitrogens is 2. The van der Waals surface area contributed by atoms with Crippen LogP contribution in [0.15, 0.2) is 12.4 Å². The smallest absolute Gasteiger partial charge is 0.140 e. The maximum atomic E-state index is 12.1. The molecule has 1 aromatic rings. The summed E-state index contributed by atoms with van der Waals surface area (Å²) in [5.41, 5.74) is 0. The SMILES string of the molecule is CCCn1ccnc1CC(=O)CCC1CCCCC1. The molecule has 0 aromatic carbocycles. The van der Waals surface area contributed by atoms with E-state index in [4.69, 9.17) is 0 Å². The summed E-state index contributed by atoms with van der Waals surface area (Å²) in [4.78, 5) is 16.4. The van der Waals surface area contributed by atoms with E-state index in [1.807, 2.05) is 6.20 Å². The highest BCUT2D eigenvalue weighted by Crippen LogP contribution is 2.27. The van der Waals surface area contributed by atoms with Crippen molar-refractivity contribution in [2.24, 2.45) is 5.92 Å². The number of nitrogens with zero attached hydrogens (tertiary/aromatic N) is 2. The molecular formula is C16H26N2O. The van der Waals surface area contributed by atoms with Crippen LogP contribution >= 0.6 is 0 Å². The van der Waals surface area contributed by atoms with E-state index in [0.29, 0.717) is 12.2 Å². The Labute approximate surface area is 116 Å². The molecule has 0 unspecified atom stereocenters. The summed E-state index contributed by atoms with van der Waals surface area (Å²) in [6.07, 6.45) is 14.0. The van der Waals surface area contributed by atoms with Crippen LogP contribution in [0.25, 0.3) is 0 Å². The van der Waals surface area contributed by atoms with Gasteiger partial charge in [-0.1, -0.05) is 39.0 Å². The molecule has 1 aliphatic rings. The molecule has 1 aromatic heterocycles. The summed E-state index contributed by atoms with van der Waals surface area (Å²) in [5.74, 6) is 2.10. The summed E-state index contributed by atoms with van der Waals surface area (Å²) >= 11 is 0. The molecule has 1 aliphatic carbocycles. The quantitative estimate of drug-likeness (QED) is 0.750. The predicted octanol–water partition coefficient (Wildman–Crippen LogP) is 3.77. The van der Waals surface area contributed by atoms with Gasteiger partial charge in [-0.3, -0.25) is 4.79 Å². The second-order valence-corrected chi connectivity index (χ2v) is 5.80. The lowest BCUT2D eigenvalue weighted by Gasteiger charge is -2.20. The van der Waals surface area contributed by atoms with Crippen molar-refractivity contribution in [2.75, 3.05) is 0 Å². The Hall–Kier alpha value is -1.12. The molecule has 0 aliphatic heterocycles. The molecule has 0 N–H and O–H groups in total. The molecular weight excluding hydrogens is 236 g/mol. The van der Waals surface area contributed by atoms with Gasteiger partial charge >= 0.3 is 0 Å². The molecule has 1 fully saturated rings. The first-order valence-corrected chi connectivity index (χ1v) is 7.81. The van der Waals surface area contributed by atoms with Crippen LogP contribution in [0.4, 0.5) is 0 Å². The zero-order chi connectivity index (χ0) is 13.5. The van der Waals surface area contributed by atoms with E-state index in [0.717, 1.165) is 37.5 Å². The standard InChI is InChI=1S/C16H26N2O/c1-2-11-18-12-10-17-16(18)13-15(19)9-8-14-6-4-3-5-7-14/h10,12,14H,2-9,11,13H2,1H3. The summed E-state index contributed by atoms with van der Waals surface area (Å²) in [7, 11) is 0. The second-order valence-electron chi connectivity index (χ2n) is 5.80. The van der Waals surface area contributed by atoms with Gasteiger partial charge in [0.15, 0.2) is 0 Å². The third-order valence-electron chi connectivity index (χ3n) is 4.18. The highest BCUT2D eigenvalue weighted by Gasteiger charge is 2.15. The van der Waals surface area contributed by atoms with Crippen LogP contribution in [0.2, 0.25) is 0 Å². The third kappa shape index (κ3) is 4.48. The maximum Gasteiger partial charge on any atom is 0.140 e. The second kappa shape index (κ2) is 7.46. The molecule has 3 heteroatoms. The average molecular weight is 262 g/mol. The number of carbonyl (C=O) groups is 1. The fourth-order valence-corrected chi connectivity index (χ4v) is 3.06. The summed E-state index contributed by atoms with van der Waals surface area (Å²) in [5, 5.41) is 0. The van der Waals surface area contributed by atoms with Gasteiger partial charge in [-0.15, -0.1) is 0 Å². The first-order chi connectivity index (χ1) is 9.29. The third-order valence-corrected chi connectivity index (χ3v) is 4.18. The van der Waals surface area contributed by atoms with Crippen LogP contribution in [0.5, 0.6) is 0 Å². The van der Waals surface area contributed by atoms with Gasteiger partial charge in [0.05, 0.1) is 6.42 Å². The van der Waals surface area contributed by atoms with Crippen LogP contribution in [0.1, 0.15) is 64.1 Å². The first-order valence-electron chi connectivity index (χ1n) is 7.81. The first kappa shape index (κ1) is 14.3. The average Bonchev–Trinajstić information content (AvgIpc) is 2.85. The summed E-state index contributed by atoms with van der Waals surface area (Å²) < 4.78 is 2.11. The summed E-state index contributed by atoms with van der Waals surface area (Å²) in [6, 6.07) is 0. The van der Waals surface area contributed by atoms with Crippen molar-refractivity contribution in [1.82, 2.24) is 9.55 Å². The number of carbonyl (C=O) groups excluding carboxylic acids is 1. The molecule has 0 saturated heterocycles. The Bertz CT molecular complexity index is 391. The van der Waals surface area contributed by atoms with Gasteiger partial charge in [0.25, 0.3) is 0 Å². The summed E-state index contributed by atoms with van der Waals surface area (Å²) in [6.45, 7) is 3.11. The lowest BCUT2D eigenvalue weighted by atomic mass is 9.85. The van der Waals surface area contributed by atoms with Crippen molar-refractivity contribution in [3.8, 4) is 0 Å². The molecule has 0 radical (unpaired) electrons. The number of hydrogen-bond acceptors (Lipinski definition) is 2.